The number of hydrogen-bond donors (Lipinski definition) is 2. The number of amides is 1. The fraction of sp³-hybridized carbons (Fsp3) is 0.367. The van der Waals surface area contributed by atoms with Crippen LogP contribution in [-0.4, -0.2) is 102 Å². The largest absolute Gasteiger partial charge is 0.497 e. The van der Waals surface area contributed by atoms with Gasteiger partial charge in [0, 0.05) is 30.9 Å². The molecule has 1 amide bonds. The summed E-state index contributed by atoms with van der Waals surface area (Å²) in [6.45, 7) is 5.61. The molecule has 3 aromatic heterocycles. The molecule has 0 spiro atoms. The van der Waals surface area contributed by atoms with Crippen molar-refractivity contribution in [2.24, 2.45) is 0 Å². The number of methoxy groups -OCH3 is 2. The van der Waals surface area contributed by atoms with Crippen LogP contribution in [-0.2, 0) is 24.0 Å². The topological polar surface area (TPSA) is 157 Å². The predicted octanol–water partition coefficient (Wildman–Crippen LogP) is 9.72. The first kappa shape index (κ1) is 47.4. The van der Waals surface area contributed by atoms with Crippen molar-refractivity contribution in [3.8, 4) is 34.5 Å². The van der Waals surface area contributed by atoms with Gasteiger partial charge in [-0.25, -0.2) is 19.2 Å². The highest BCUT2D eigenvalue weighted by Crippen LogP contribution is 2.51. The Morgan fingerprint density at radius 3 is 2.29 bits per heavy atom. The van der Waals surface area contributed by atoms with E-state index in [1.807, 2.05) is 24.3 Å². The van der Waals surface area contributed by atoms with E-state index in [0.717, 1.165) is 30.5 Å². The number of halogens is 5. The summed E-state index contributed by atoms with van der Waals surface area (Å²) in [5.74, 6) is 0.134. The number of pyridine rings is 2. The lowest BCUT2D eigenvalue weighted by atomic mass is 9.98. The third-order valence-corrected chi connectivity index (χ3v) is 13.2. The van der Waals surface area contributed by atoms with Gasteiger partial charge in [0.2, 0.25) is 0 Å². The number of nitrogens with zero attached hydrogens (tertiary/aromatic N) is 7. The van der Waals surface area contributed by atoms with Crippen LogP contribution < -0.4 is 34.1 Å². The number of carboxylic acid groups (broad SMARTS) is 1. The average molecular weight is 973 g/mol. The van der Waals surface area contributed by atoms with Gasteiger partial charge in [0.15, 0.2) is 11.6 Å². The summed E-state index contributed by atoms with van der Waals surface area (Å²) >= 11 is 7.19. The third kappa shape index (κ3) is 9.67. The monoisotopic (exact) mass is 972 g/mol. The number of likely N-dealkylation sites (tertiary alicyclic amines) is 1. The van der Waals surface area contributed by atoms with Crippen LogP contribution >= 0.6 is 11.6 Å². The quantitative estimate of drug-likeness (QED) is 0.0938. The van der Waals surface area contributed by atoms with Crippen LogP contribution in [0.4, 0.5) is 39.8 Å². The van der Waals surface area contributed by atoms with E-state index in [9.17, 15) is 9.90 Å². The Labute approximate surface area is 399 Å². The number of benzene rings is 3. The summed E-state index contributed by atoms with van der Waals surface area (Å²) < 4.78 is 93.5. The first-order valence-corrected chi connectivity index (χ1v) is 22.7. The fourth-order valence-corrected chi connectivity index (χ4v) is 9.61. The van der Waals surface area contributed by atoms with Crippen molar-refractivity contribution in [1.29, 1.82) is 0 Å². The van der Waals surface area contributed by atoms with Gasteiger partial charge in [0.25, 0.3) is 0 Å². The van der Waals surface area contributed by atoms with Crippen molar-refractivity contribution in [2.75, 3.05) is 68.9 Å². The van der Waals surface area contributed by atoms with Crippen molar-refractivity contribution >= 4 is 46.1 Å². The van der Waals surface area contributed by atoms with Crippen LogP contribution in [0.1, 0.15) is 53.6 Å². The molecular weight excluding hydrogens is 924 g/mol. The molecule has 3 aliphatic rings. The molecule has 6 heterocycles. The smallest absolute Gasteiger partial charge is 0.418 e. The molecule has 0 bridgehead atoms. The SMILES string of the molecule is COc1ccc(CN(Cc2ccc(OC)cc2)c2cc(C)c(C(F)(F)F)c(-c3c(Cl)c4c5c(nc(OC[C@@H]6CCCN6C6COC6)nc5c3F)N([C@H](C)c3cccnc3NC(=O)O)CCO4)n2)cc1. The number of anilines is 3. The van der Waals surface area contributed by atoms with Crippen molar-refractivity contribution in [1.82, 2.24) is 24.8 Å². The van der Waals surface area contributed by atoms with Gasteiger partial charge in [-0.05, 0) is 86.3 Å². The molecule has 2 atom stereocenters. The maximum Gasteiger partial charge on any atom is 0.418 e. The molecule has 6 aromatic rings. The zero-order valence-electron chi connectivity index (χ0n) is 38.1. The molecule has 3 aliphatic heterocycles. The first-order chi connectivity index (χ1) is 33.2. The maximum absolute atomic E-state index is 18.1. The van der Waals surface area contributed by atoms with Crippen molar-refractivity contribution < 1.29 is 51.1 Å². The van der Waals surface area contributed by atoms with E-state index in [4.69, 9.17) is 40.3 Å². The third-order valence-electron chi connectivity index (χ3n) is 12.8. The minimum atomic E-state index is -5.02. The molecule has 9 rings (SSSR count). The Hall–Kier alpha value is -6.70. The normalized spacial score (nSPS) is 16.7. The molecule has 3 aromatic carbocycles. The zero-order valence-corrected chi connectivity index (χ0v) is 38.9. The van der Waals surface area contributed by atoms with Gasteiger partial charge in [-0.15, -0.1) is 0 Å². The van der Waals surface area contributed by atoms with Crippen LogP contribution in [0.2, 0.25) is 5.02 Å². The molecule has 2 N–H and O–H groups in total. The Morgan fingerprint density at radius 2 is 1.68 bits per heavy atom. The van der Waals surface area contributed by atoms with Crippen molar-refractivity contribution in [3.05, 3.63) is 112 Å². The lowest BCUT2D eigenvalue weighted by Gasteiger charge is -2.38. The second-order valence-electron chi connectivity index (χ2n) is 17.1. The van der Waals surface area contributed by atoms with Crippen LogP contribution in [0.25, 0.3) is 22.2 Å². The van der Waals surface area contributed by atoms with Crippen molar-refractivity contribution in [3.63, 3.8) is 0 Å². The summed E-state index contributed by atoms with van der Waals surface area (Å²) in [5.41, 5.74) is -1.24. The minimum Gasteiger partial charge on any atom is -0.497 e. The minimum absolute atomic E-state index is 0.0224. The van der Waals surface area contributed by atoms with Gasteiger partial charge in [-0.3, -0.25) is 10.2 Å². The van der Waals surface area contributed by atoms with E-state index in [2.05, 4.69) is 25.2 Å². The number of aryl methyl sites for hydroxylation is 1. The molecule has 362 valence electrons. The zero-order chi connectivity index (χ0) is 48.6. The predicted molar refractivity (Wildman–Crippen MR) is 250 cm³/mol. The standard InChI is InChI=1S/C49H49ClF4N8O7/c1-27-21-36(60(22-29-9-13-33(65-3)14-10-29)23-30-11-15-34(66-4)16-12-30)56-42(39(27)49(52,53)54)37-40(50)44-38-43(41(37)51)57-47(69-26-31-7-6-18-62(31)32-24-67-25-32)59-46(38)61(19-20-68-44)28(2)35-8-5-17-55-45(35)58-48(63)64/h5,8-17,21,28,31-32H,6-7,18-20,22-26H2,1-4H3,(H,55,58)(H,63,64)/t28-,31+/m1/s1. The van der Waals surface area contributed by atoms with Gasteiger partial charge >= 0.3 is 18.3 Å². The molecule has 0 unspecified atom stereocenters. The maximum atomic E-state index is 18.1. The Balaban J connectivity index is 1.22. The number of ether oxygens (including phenoxy) is 5. The molecule has 15 nitrogen and oxygen atoms in total. The van der Waals surface area contributed by atoms with Crippen LogP contribution in [0.15, 0.2) is 72.9 Å². The van der Waals surface area contributed by atoms with Gasteiger partial charge in [0.05, 0.1) is 73.3 Å². The lowest BCUT2D eigenvalue weighted by molar-refractivity contribution is -0.137. The number of hydrogen-bond acceptors (Lipinski definition) is 13. The summed E-state index contributed by atoms with van der Waals surface area (Å²) in [5, 5.41) is 11.5. The van der Waals surface area contributed by atoms with Gasteiger partial charge in [0.1, 0.15) is 47.7 Å². The highest BCUT2D eigenvalue weighted by atomic mass is 35.5. The molecule has 2 saturated heterocycles. The second kappa shape index (κ2) is 19.7. The molecule has 2 fully saturated rings. The average Bonchev–Trinajstić information content (AvgIpc) is 3.67. The number of carbonyl (C=O) groups is 1. The second-order valence-corrected chi connectivity index (χ2v) is 17.5. The van der Waals surface area contributed by atoms with E-state index in [1.54, 1.807) is 67.3 Å². The highest BCUT2D eigenvalue weighted by Gasteiger charge is 2.41. The molecule has 0 saturated carbocycles. The summed E-state index contributed by atoms with van der Waals surface area (Å²) in [6, 6.07) is 18.4. The number of alkyl halides is 3. The van der Waals surface area contributed by atoms with Gasteiger partial charge in [-0.2, -0.15) is 23.1 Å². The van der Waals surface area contributed by atoms with Crippen LogP contribution in [0, 0.1) is 12.7 Å². The van der Waals surface area contributed by atoms with E-state index >= 15 is 17.6 Å². The Kier molecular flexibility index (Phi) is 13.5. The molecular formula is C49H49ClF4N8O7. The van der Waals surface area contributed by atoms with E-state index < -0.39 is 51.5 Å². The van der Waals surface area contributed by atoms with Gasteiger partial charge in [-0.1, -0.05) is 41.9 Å². The van der Waals surface area contributed by atoms with Crippen LogP contribution in [0.3, 0.4) is 0 Å². The molecule has 20 heteroatoms. The summed E-state index contributed by atoms with van der Waals surface area (Å²) in [4.78, 5) is 36.0. The number of nitrogens with one attached hydrogen (secondary N) is 1. The molecule has 0 aliphatic carbocycles. The highest BCUT2D eigenvalue weighted by molar-refractivity contribution is 6.36. The fourth-order valence-electron chi connectivity index (χ4n) is 9.29. The summed E-state index contributed by atoms with van der Waals surface area (Å²) in [7, 11) is 3.10. The lowest BCUT2D eigenvalue weighted by Crippen LogP contribution is -2.52. The molecule has 69 heavy (non-hydrogen) atoms. The Bertz CT molecular complexity index is 2810. The van der Waals surface area contributed by atoms with E-state index in [0.29, 0.717) is 30.3 Å². The van der Waals surface area contributed by atoms with E-state index in [1.165, 1.54) is 19.2 Å². The molecule has 0 radical (unpaired) electrons. The Morgan fingerprint density at radius 1 is 1.00 bits per heavy atom. The van der Waals surface area contributed by atoms with Gasteiger partial charge < -0.3 is 38.6 Å². The summed E-state index contributed by atoms with van der Waals surface area (Å²) in [6.07, 6.45) is -3.17. The number of rotatable bonds is 15. The van der Waals surface area contributed by atoms with Crippen LogP contribution in [0.5, 0.6) is 23.3 Å². The van der Waals surface area contributed by atoms with Crippen molar-refractivity contribution in [2.45, 2.75) is 64.1 Å². The number of aromatic nitrogens is 4. The first-order valence-electron chi connectivity index (χ1n) is 22.4. The van der Waals surface area contributed by atoms with E-state index in [-0.39, 0.29) is 85.1 Å².